The molecular formula is C29H42O8. The first-order valence-corrected chi connectivity index (χ1v) is 13.9. The summed E-state index contributed by atoms with van der Waals surface area (Å²) in [6.07, 6.45) is 1.83. The minimum Gasteiger partial charge on any atom is -0.462 e. The number of rotatable bonds is 4. The number of aliphatic hydroxyl groups excluding tert-OH is 2. The van der Waals surface area contributed by atoms with Crippen LogP contribution in [0, 0.1) is 40.4 Å². The third kappa shape index (κ3) is 3.58. The highest BCUT2D eigenvalue weighted by atomic mass is 16.6. The zero-order valence-electron chi connectivity index (χ0n) is 22.6. The maximum absolute atomic E-state index is 13.5. The second-order valence-electron chi connectivity index (χ2n) is 13.5. The molecule has 8 heteroatoms. The molecule has 0 aromatic carbocycles. The highest BCUT2D eigenvalue weighted by Gasteiger charge is 2.69. The Bertz CT molecular complexity index is 1050. The molecule has 4 N–H and O–H groups in total. The van der Waals surface area contributed by atoms with Gasteiger partial charge in [-0.1, -0.05) is 20.8 Å². The van der Waals surface area contributed by atoms with Gasteiger partial charge in [-0.3, -0.25) is 14.4 Å². The molecule has 206 valence electrons. The number of aliphatic hydroxyl groups is 4. The van der Waals surface area contributed by atoms with Crippen molar-refractivity contribution in [1.29, 1.82) is 0 Å². The van der Waals surface area contributed by atoms with Gasteiger partial charge in [0, 0.05) is 29.6 Å². The third-order valence-electron chi connectivity index (χ3n) is 11.7. The van der Waals surface area contributed by atoms with Gasteiger partial charge in [-0.15, -0.1) is 0 Å². The fraction of sp³-hybridized carbons (Fsp3) is 0.828. The summed E-state index contributed by atoms with van der Waals surface area (Å²) in [6, 6.07) is 0. The largest absolute Gasteiger partial charge is 0.462 e. The summed E-state index contributed by atoms with van der Waals surface area (Å²) in [5.41, 5.74) is -3.81. The molecule has 8 nitrogen and oxygen atoms in total. The van der Waals surface area contributed by atoms with Crippen LogP contribution in [0.15, 0.2) is 11.6 Å². The van der Waals surface area contributed by atoms with Crippen LogP contribution in [-0.2, 0) is 19.1 Å². The van der Waals surface area contributed by atoms with E-state index in [4.69, 9.17) is 4.74 Å². The normalized spacial score (nSPS) is 50.9. The molecule has 5 rings (SSSR count). The van der Waals surface area contributed by atoms with E-state index >= 15 is 0 Å². The lowest BCUT2D eigenvalue weighted by Crippen LogP contribution is -2.62. The molecule has 1 saturated heterocycles. The van der Waals surface area contributed by atoms with Crippen LogP contribution >= 0.6 is 0 Å². The molecule has 0 aromatic rings. The highest BCUT2D eigenvalue weighted by Crippen LogP contribution is 2.68. The van der Waals surface area contributed by atoms with Crippen LogP contribution in [0.3, 0.4) is 0 Å². The van der Waals surface area contributed by atoms with E-state index in [1.807, 2.05) is 13.8 Å². The molecule has 12 atom stereocenters. The van der Waals surface area contributed by atoms with Crippen molar-refractivity contribution in [2.75, 3.05) is 0 Å². The van der Waals surface area contributed by atoms with Crippen LogP contribution in [0.4, 0.5) is 0 Å². The van der Waals surface area contributed by atoms with Gasteiger partial charge in [-0.25, -0.2) is 0 Å². The fourth-order valence-electron chi connectivity index (χ4n) is 9.19. The van der Waals surface area contributed by atoms with E-state index in [1.165, 1.54) is 6.92 Å². The summed E-state index contributed by atoms with van der Waals surface area (Å²) in [5.74, 6) is -2.59. The summed E-state index contributed by atoms with van der Waals surface area (Å²) in [5, 5.41) is 44.8. The van der Waals surface area contributed by atoms with Crippen molar-refractivity contribution >= 4 is 17.5 Å². The zero-order chi connectivity index (χ0) is 27.3. The van der Waals surface area contributed by atoms with Crippen LogP contribution in [-0.4, -0.2) is 67.5 Å². The average molecular weight is 519 g/mol. The van der Waals surface area contributed by atoms with Crippen molar-refractivity contribution in [3.8, 4) is 0 Å². The number of Topliss-reactive ketones (excluding diaryl/α,β-unsaturated/α-hetero) is 1. The SMILES string of the molecule is C[C@@H]1C(=O)O[C@H](C)[C@H]1CC(=O)[C@](C)(O)[C@H]1CC[C@@]2(O)C3=CC(=O)[C@@H]4C[C@@H](O)[C@@H](O)C[C@]4(C)[C@H]3CC[C@]12C. The molecule has 0 radical (unpaired) electrons. The van der Waals surface area contributed by atoms with E-state index in [1.54, 1.807) is 19.9 Å². The predicted molar refractivity (Wildman–Crippen MR) is 133 cm³/mol. The van der Waals surface area contributed by atoms with Crippen LogP contribution < -0.4 is 0 Å². The van der Waals surface area contributed by atoms with Crippen molar-refractivity contribution in [2.45, 2.75) is 109 Å². The minimum absolute atomic E-state index is 0.0237. The van der Waals surface area contributed by atoms with Gasteiger partial charge in [0.25, 0.3) is 0 Å². The van der Waals surface area contributed by atoms with E-state index in [0.29, 0.717) is 31.3 Å². The standard InChI is InChI=1S/C29H42O8/c1-14-16(15(2)37-25(14)34)10-24(33)28(5,35)23-7-9-29(36)18-11-20(30)19-12-21(31)22(32)13-26(19,3)17(18)6-8-27(23,29)4/h11,14-17,19,21-23,31-32,35-36H,6-10,12-13H2,1-5H3/t14-,15+,16-,17-,19-,21+,22-,23-,26+,27+,28+,29+/m0/s1. The molecule has 3 saturated carbocycles. The Kier molecular flexibility index (Phi) is 6.16. The molecule has 0 spiro atoms. The molecule has 5 aliphatic rings. The number of hydrogen-bond acceptors (Lipinski definition) is 8. The van der Waals surface area contributed by atoms with Crippen molar-refractivity contribution < 1.29 is 39.5 Å². The maximum Gasteiger partial charge on any atom is 0.309 e. The fourth-order valence-corrected chi connectivity index (χ4v) is 9.19. The van der Waals surface area contributed by atoms with Gasteiger partial charge in [0.05, 0.1) is 23.7 Å². The van der Waals surface area contributed by atoms with Gasteiger partial charge >= 0.3 is 5.97 Å². The molecule has 4 aliphatic carbocycles. The number of fused-ring (bicyclic) bond motifs is 5. The Hall–Kier alpha value is -1.61. The highest BCUT2D eigenvalue weighted by molar-refractivity contribution is 5.95. The van der Waals surface area contributed by atoms with Crippen LogP contribution in [0.2, 0.25) is 0 Å². The van der Waals surface area contributed by atoms with Gasteiger partial charge in [0.1, 0.15) is 11.7 Å². The average Bonchev–Trinajstić information content (AvgIpc) is 3.23. The van der Waals surface area contributed by atoms with Crippen LogP contribution in [0.1, 0.15) is 79.6 Å². The van der Waals surface area contributed by atoms with Crippen molar-refractivity contribution in [3.05, 3.63) is 11.6 Å². The molecule has 37 heavy (non-hydrogen) atoms. The molecule has 1 heterocycles. The number of hydrogen-bond donors (Lipinski definition) is 4. The van der Waals surface area contributed by atoms with Crippen molar-refractivity contribution in [3.63, 3.8) is 0 Å². The number of carbonyl (C=O) groups excluding carboxylic acids is 3. The minimum atomic E-state index is -1.71. The summed E-state index contributed by atoms with van der Waals surface area (Å²) in [6.45, 7) is 8.97. The van der Waals surface area contributed by atoms with Gasteiger partial charge in [0.15, 0.2) is 11.6 Å². The Balaban J connectivity index is 1.45. The molecule has 0 amide bonds. The lowest BCUT2D eigenvalue weighted by atomic mass is 9.45. The van der Waals surface area contributed by atoms with Gasteiger partial charge < -0.3 is 25.2 Å². The molecule has 4 fully saturated rings. The number of cyclic esters (lactones) is 1. The monoisotopic (exact) mass is 518 g/mol. The molecule has 0 unspecified atom stereocenters. The molecule has 0 aromatic heterocycles. The van der Waals surface area contributed by atoms with Crippen LogP contribution in [0.25, 0.3) is 0 Å². The van der Waals surface area contributed by atoms with E-state index in [9.17, 15) is 34.8 Å². The first-order chi connectivity index (χ1) is 17.1. The van der Waals surface area contributed by atoms with Gasteiger partial charge in [0.2, 0.25) is 0 Å². The summed E-state index contributed by atoms with van der Waals surface area (Å²) < 4.78 is 5.30. The second kappa shape index (κ2) is 8.44. The summed E-state index contributed by atoms with van der Waals surface area (Å²) in [4.78, 5) is 38.9. The van der Waals surface area contributed by atoms with E-state index in [0.717, 1.165) is 0 Å². The number of ether oxygens (including phenoxy) is 1. The van der Waals surface area contributed by atoms with Crippen molar-refractivity contribution in [1.82, 2.24) is 0 Å². The summed E-state index contributed by atoms with van der Waals surface area (Å²) in [7, 11) is 0. The zero-order valence-corrected chi connectivity index (χ0v) is 22.6. The van der Waals surface area contributed by atoms with Gasteiger partial charge in [-0.05, 0) is 75.4 Å². The van der Waals surface area contributed by atoms with E-state index in [2.05, 4.69) is 0 Å². The predicted octanol–water partition coefficient (Wildman–Crippen LogP) is 2.10. The lowest BCUT2D eigenvalue weighted by Gasteiger charge is -2.60. The number of ketones is 2. The van der Waals surface area contributed by atoms with E-state index < -0.39 is 58.1 Å². The maximum atomic E-state index is 13.5. The van der Waals surface area contributed by atoms with Crippen LogP contribution in [0.5, 0.6) is 0 Å². The lowest BCUT2D eigenvalue weighted by molar-refractivity contribution is -0.167. The Labute approximate surface area is 218 Å². The first-order valence-electron chi connectivity index (χ1n) is 13.9. The molecule has 0 bridgehead atoms. The third-order valence-corrected chi connectivity index (χ3v) is 11.7. The smallest absolute Gasteiger partial charge is 0.309 e. The number of esters is 1. The number of carbonyl (C=O) groups is 3. The number of allylic oxidation sites excluding steroid dienone is 1. The Morgan fingerprint density at radius 1 is 1.11 bits per heavy atom. The Morgan fingerprint density at radius 3 is 2.41 bits per heavy atom. The topological polar surface area (TPSA) is 141 Å². The quantitative estimate of drug-likeness (QED) is 0.415. The first kappa shape index (κ1) is 27.0. The Morgan fingerprint density at radius 2 is 1.78 bits per heavy atom. The second-order valence-corrected chi connectivity index (χ2v) is 13.5. The van der Waals surface area contributed by atoms with Gasteiger partial charge in [-0.2, -0.15) is 0 Å². The molecule has 1 aliphatic heterocycles. The summed E-state index contributed by atoms with van der Waals surface area (Å²) >= 11 is 0. The van der Waals surface area contributed by atoms with E-state index in [-0.39, 0.29) is 48.6 Å². The molecular weight excluding hydrogens is 476 g/mol. The van der Waals surface area contributed by atoms with Crippen molar-refractivity contribution in [2.24, 2.45) is 40.4 Å².